The summed E-state index contributed by atoms with van der Waals surface area (Å²) in [5, 5.41) is 7.39. The van der Waals surface area contributed by atoms with Gasteiger partial charge in [-0.1, -0.05) is 18.2 Å². The van der Waals surface area contributed by atoms with E-state index in [2.05, 4.69) is 0 Å². The molecule has 1 aromatic rings. The van der Waals surface area contributed by atoms with Crippen LogP contribution in [-0.2, 0) is 14.6 Å². The van der Waals surface area contributed by atoms with Crippen LogP contribution >= 0.6 is 0 Å². The summed E-state index contributed by atoms with van der Waals surface area (Å²) in [5.41, 5.74) is 5.21. The normalized spacial score (nSPS) is 13.3. The first kappa shape index (κ1) is 12.7. The lowest BCUT2D eigenvalue weighted by molar-refractivity contribution is -0.136. The number of sulfone groups is 1. The molecule has 3 N–H and O–H groups in total. The van der Waals surface area contributed by atoms with E-state index in [1.165, 1.54) is 12.1 Å². The van der Waals surface area contributed by atoms with Gasteiger partial charge in [0, 0.05) is 0 Å². The molecule has 0 aliphatic rings. The molecule has 0 saturated carbocycles. The van der Waals surface area contributed by atoms with Crippen LogP contribution in [-0.4, -0.2) is 31.3 Å². The molecular formula is C10H13NO4S. The van der Waals surface area contributed by atoms with Gasteiger partial charge < -0.3 is 10.8 Å². The molecule has 5 nitrogen and oxygen atoms in total. The second-order valence-electron chi connectivity index (χ2n) is 3.26. The number of carboxylic acid groups (broad SMARTS) is 1. The van der Waals surface area contributed by atoms with Crippen LogP contribution < -0.4 is 5.73 Å². The van der Waals surface area contributed by atoms with Crippen molar-refractivity contribution in [3.63, 3.8) is 0 Å². The van der Waals surface area contributed by atoms with Gasteiger partial charge in [-0.05, 0) is 25.1 Å². The maximum Gasteiger partial charge on any atom is 0.322 e. The molecule has 1 rings (SSSR count). The molecule has 0 bridgehead atoms. The summed E-state index contributed by atoms with van der Waals surface area (Å²) >= 11 is 0. The third-order valence-electron chi connectivity index (χ3n) is 2.15. The molecular weight excluding hydrogens is 230 g/mol. The number of benzene rings is 1. The first-order valence-corrected chi connectivity index (χ1v) is 6.26. The number of aliphatic carboxylic acids is 1. The monoisotopic (exact) mass is 243 g/mol. The summed E-state index contributed by atoms with van der Waals surface area (Å²) in [5.74, 6) is -1.37. The van der Waals surface area contributed by atoms with Gasteiger partial charge in [-0.25, -0.2) is 8.42 Å². The Morgan fingerprint density at radius 3 is 2.31 bits per heavy atom. The number of hydrogen-bond donors (Lipinski definition) is 2. The van der Waals surface area contributed by atoms with Crippen LogP contribution in [0.2, 0.25) is 0 Å². The third-order valence-corrected chi connectivity index (χ3v) is 4.27. The smallest absolute Gasteiger partial charge is 0.322 e. The van der Waals surface area contributed by atoms with Gasteiger partial charge in [-0.15, -0.1) is 0 Å². The topological polar surface area (TPSA) is 97.5 Å². The van der Waals surface area contributed by atoms with Crippen LogP contribution in [0.25, 0.3) is 0 Å². The highest BCUT2D eigenvalue weighted by Crippen LogP contribution is 2.17. The third kappa shape index (κ3) is 2.59. The largest absolute Gasteiger partial charge is 0.480 e. The zero-order valence-corrected chi connectivity index (χ0v) is 9.35. The highest BCUT2D eigenvalue weighted by molar-refractivity contribution is 7.92. The Morgan fingerprint density at radius 1 is 1.31 bits per heavy atom. The van der Waals surface area contributed by atoms with E-state index in [-0.39, 0.29) is 17.9 Å². The Balaban J connectivity index is 3.14. The van der Waals surface area contributed by atoms with Gasteiger partial charge in [0.2, 0.25) is 0 Å². The van der Waals surface area contributed by atoms with Crippen molar-refractivity contribution < 1.29 is 18.3 Å². The highest BCUT2D eigenvalue weighted by atomic mass is 32.2. The molecule has 0 aromatic heterocycles. The van der Waals surface area contributed by atoms with Gasteiger partial charge in [0.1, 0.15) is 0 Å². The van der Waals surface area contributed by atoms with Crippen molar-refractivity contribution in [1.29, 1.82) is 0 Å². The van der Waals surface area contributed by atoms with Crippen LogP contribution in [0.15, 0.2) is 35.2 Å². The van der Waals surface area contributed by atoms with Crippen LogP contribution in [0.3, 0.4) is 0 Å². The van der Waals surface area contributed by atoms with Crippen LogP contribution in [0, 0.1) is 0 Å². The van der Waals surface area contributed by atoms with Crippen molar-refractivity contribution in [2.75, 3.05) is 6.54 Å². The molecule has 0 spiro atoms. The number of carbonyl (C=O) groups is 1. The van der Waals surface area contributed by atoms with Gasteiger partial charge in [0.05, 0.1) is 4.90 Å². The van der Waals surface area contributed by atoms with E-state index in [1.807, 2.05) is 0 Å². The highest BCUT2D eigenvalue weighted by Gasteiger charge is 2.32. The second kappa shape index (κ2) is 5.09. The van der Waals surface area contributed by atoms with E-state index in [4.69, 9.17) is 10.8 Å². The lowest BCUT2D eigenvalue weighted by Crippen LogP contribution is -2.32. The molecule has 0 unspecified atom stereocenters. The number of rotatable bonds is 5. The average Bonchev–Trinajstić information content (AvgIpc) is 2.26. The Morgan fingerprint density at radius 2 is 1.88 bits per heavy atom. The number of carboxylic acids is 1. The maximum atomic E-state index is 11.9. The maximum absolute atomic E-state index is 11.9. The number of hydrogen-bond acceptors (Lipinski definition) is 4. The molecule has 88 valence electrons. The van der Waals surface area contributed by atoms with Gasteiger partial charge in [0.25, 0.3) is 0 Å². The predicted octanol–water partition coefficient (Wildman–Crippen LogP) is 0.262. The van der Waals surface area contributed by atoms with Crippen molar-refractivity contribution in [1.82, 2.24) is 0 Å². The van der Waals surface area contributed by atoms with E-state index in [0.717, 1.165) is 0 Å². The number of nitrogens with two attached hydrogens (primary N) is 1. The lowest BCUT2D eigenvalue weighted by atomic mass is 10.3. The summed E-state index contributed by atoms with van der Waals surface area (Å²) in [7, 11) is -3.84. The molecule has 0 amide bonds. The summed E-state index contributed by atoms with van der Waals surface area (Å²) in [6, 6.07) is 7.52. The van der Waals surface area contributed by atoms with Crippen LogP contribution in [0.5, 0.6) is 0 Å². The van der Waals surface area contributed by atoms with Crippen molar-refractivity contribution >= 4 is 15.8 Å². The fraction of sp³-hybridized carbons (Fsp3) is 0.300. The second-order valence-corrected chi connectivity index (χ2v) is 5.39. The minimum atomic E-state index is -3.84. The van der Waals surface area contributed by atoms with E-state index < -0.39 is 21.1 Å². The molecule has 0 aliphatic heterocycles. The van der Waals surface area contributed by atoms with Crippen molar-refractivity contribution in [3.05, 3.63) is 30.3 Å². The van der Waals surface area contributed by atoms with Crippen molar-refractivity contribution in [2.24, 2.45) is 5.73 Å². The SMILES string of the molecule is NCC[C@@H](C(=O)O)S(=O)(=O)c1ccccc1. The zero-order valence-electron chi connectivity index (χ0n) is 8.54. The van der Waals surface area contributed by atoms with E-state index in [1.54, 1.807) is 18.2 Å². The Hall–Kier alpha value is -1.40. The van der Waals surface area contributed by atoms with Gasteiger partial charge in [-0.2, -0.15) is 0 Å². The van der Waals surface area contributed by atoms with Crippen LogP contribution in [0.4, 0.5) is 0 Å². The Kier molecular flexibility index (Phi) is 4.03. The van der Waals surface area contributed by atoms with Gasteiger partial charge in [-0.3, -0.25) is 4.79 Å². The fourth-order valence-corrected chi connectivity index (χ4v) is 2.91. The lowest BCUT2D eigenvalue weighted by Gasteiger charge is -2.12. The van der Waals surface area contributed by atoms with Crippen molar-refractivity contribution in [3.8, 4) is 0 Å². The molecule has 0 aliphatic carbocycles. The minimum absolute atomic E-state index is 0.0100. The predicted molar refractivity (Wildman–Crippen MR) is 58.7 cm³/mol. The van der Waals surface area contributed by atoms with Gasteiger partial charge >= 0.3 is 5.97 Å². The van der Waals surface area contributed by atoms with Gasteiger partial charge in [0.15, 0.2) is 15.1 Å². The van der Waals surface area contributed by atoms with Crippen LogP contribution in [0.1, 0.15) is 6.42 Å². The van der Waals surface area contributed by atoms with E-state index in [0.29, 0.717) is 0 Å². The molecule has 0 fully saturated rings. The first-order valence-electron chi connectivity index (χ1n) is 4.72. The standard InChI is InChI=1S/C10H13NO4S/c11-7-6-9(10(12)13)16(14,15)8-4-2-1-3-5-8/h1-5,9H,6-7,11H2,(H,12,13)/t9-/m0/s1. The quantitative estimate of drug-likeness (QED) is 0.773. The van der Waals surface area contributed by atoms with E-state index >= 15 is 0 Å². The summed E-state index contributed by atoms with van der Waals surface area (Å²) in [4.78, 5) is 10.9. The molecule has 0 saturated heterocycles. The fourth-order valence-electron chi connectivity index (χ4n) is 1.34. The van der Waals surface area contributed by atoms with E-state index in [9.17, 15) is 13.2 Å². The average molecular weight is 243 g/mol. The first-order chi connectivity index (χ1) is 7.50. The Labute approximate surface area is 93.8 Å². The molecule has 0 heterocycles. The summed E-state index contributed by atoms with van der Waals surface area (Å²) in [6.45, 7) is 0.0169. The molecule has 16 heavy (non-hydrogen) atoms. The van der Waals surface area contributed by atoms with Crippen molar-refractivity contribution in [2.45, 2.75) is 16.6 Å². The summed E-state index contributed by atoms with van der Waals surface area (Å²) < 4.78 is 23.9. The molecule has 6 heteroatoms. The zero-order chi connectivity index (χ0) is 12.2. The molecule has 1 atom stereocenters. The molecule has 0 radical (unpaired) electrons. The Bertz CT molecular complexity index is 455. The molecule has 1 aromatic carbocycles. The summed E-state index contributed by atoms with van der Waals surface area (Å²) in [6.07, 6.45) is -0.0907. The minimum Gasteiger partial charge on any atom is -0.480 e.